The third kappa shape index (κ3) is 3.62. The fourth-order valence-corrected chi connectivity index (χ4v) is 5.29. The lowest BCUT2D eigenvalue weighted by Gasteiger charge is -2.23. The van der Waals surface area contributed by atoms with Gasteiger partial charge in [-0.1, -0.05) is 6.07 Å². The molecule has 0 spiro atoms. The second-order valence-corrected chi connectivity index (χ2v) is 8.52. The van der Waals surface area contributed by atoms with Gasteiger partial charge in [-0.2, -0.15) is 4.98 Å². The van der Waals surface area contributed by atoms with Gasteiger partial charge in [0.05, 0.1) is 18.6 Å². The van der Waals surface area contributed by atoms with Gasteiger partial charge in [0.2, 0.25) is 5.88 Å². The molecule has 0 radical (unpaired) electrons. The highest BCUT2D eigenvalue weighted by Gasteiger charge is 2.24. The fraction of sp³-hybridized carbons (Fsp3) is 0.429. The fourth-order valence-electron chi connectivity index (χ4n) is 4.02. The topological polar surface area (TPSA) is 48.7 Å². The van der Waals surface area contributed by atoms with Crippen molar-refractivity contribution in [2.45, 2.75) is 32.2 Å². The average Bonchev–Trinajstić information content (AvgIpc) is 3.07. The molecule has 2 aliphatic rings. The van der Waals surface area contributed by atoms with E-state index in [1.807, 2.05) is 0 Å². The molecule has 5 nitrogen and oxygen atoms in total. The van der Waals surface area contributed by atoms with E-state index in [1.165, 1.54) is 40.3 Å². The number of aryl methyl sites for hydroxylation is 2. The summed E-state index contributed by atoms with van der Waals surface area (Å²) in [6.07, 6.45) is 4.53. The van der Waals surface area contributed by atoms with Crippen molar-refractivity contribution in [2.24, 2.45) is 0 Å². The van der Waals surface area contributed by atoms with Gasteiger partial charge in [0.25, 0.3) is 0 Å². The molecule has 2 aromatic heterocycles. The summed E-state index contributed by atoms with van der Waals surface area (Å²) in [6.45, 7) is 4.22. The molecule has 3 aromatic rings. The van der Waals surface area contributed by atoms with E-state index in [-0.39, 0.29) is 5.82 Å². The Morgan fingerprint density at radius 1 is 1.14 bits per heavy atom. The summed E-state index contributed by atoms with van der Waals surface area (Å²) in [6, 6.07) is 6.25. The van der Waals surface area contributed by atoms with E-state index in [0.717, 1.165) is 61.7 Å². The molecule has 146 valence electrons. The third-order valence-corrected chi connectivity index (χ3v) is 6.63. The molecule has 28 heavy (non-hydrogen) atoms. The summed E-state index contributed by atoms with van der Waals surface area (Å²) in [5.74, 6) is 1.51. The number of hydrogen-bond donors (Lipinski definition) is 1. The molecule has 0 unspecified atom stereocenters. The van der Waals surface area contributed by atoms with Crippen LogP contribution in [0.2, 0.25) is 0 Å². The van der Waals surface area contributed by atoms with Crippen molar-refractivity contribution in [3.8, 4) is 11.6 Å². The molecular formula is C21H23FN3O2S+. The number of nitrogens with one attached hydrogen (secondary N) is 1. The van der Waals surface area contributed by atoms with Gasteiger partial charge < -0.3 is 14.4 Å². The van der Waals surface area contributed by atoms with Gasteiger partial charge in [0.15, 0.2) is 5.82 Å². The minimum absolute atomic E-state index is 0.312. The summed E-state index contributed by atoms with van der Waals surface area (Å²) < 4.78 is 25.2. The maximum absolute atomic E-state index is 13.7. The van der Waals surface area contributed by atoms with Crippen molar-refractivity contribution in [1.29, 1.82) is 0 Å². The van der Waals surface area contributed by atoms with Crippen molar-refractivity contribution >= 4 is 21.6 Å². The minimum atomic E-state index is -0.312. The van der Waals surface area contributed by atoms with E-state index in [2.05, 4.69) is 0 Å². The predicted molar refractivity (Wildman–Crippen MR) is 106 cm³/mol. The van der Waals surface area contributed by atoms with Crippen molar-refractivity contribution in [1.82, 2.24) is 9.97 Å². The Balaban J connectivity index is 1.56. The molecular weight excluding hydrogens is 377 g/mol. The van der Waals surface area contributed by atoms with Gasteiger partial charge in [-0.15, -0.1) is 11.3 Å². The van der Waals surface area contributed by atoms with Crippen LogP contribution in [-0.4, -0.2) is 36.3 Å². The van der Waals surface area contributed by atoms with E-state index in [4.69, 9.17) is 19.4 Å². The van der Waals surface area contributed by atoms with Crippen LogP contribution in [0.15, 0.2) is 24.3 Å². The van der Waals surface area contributed by atoms with Crippen LogP contribution in [0.5, 0.6) is 11.6 Å². The van der Waals surface area contributed by atoms with Gasteiger partial charge in [-0.05, 0) is 43.4 Å². The van der Waals surface area contributed by atoms with E-state index in [0.29, 0.717) is 11.6 Å². The molecule has 1 N–H and O–H groups in total. The molecule has 1 aliphatic heterocycles. The quantitative estimate of drug-likeness (QED) is 0.732. The van der Waals surface area contributed by atoms with E-state index in [9.17, 15) is 4.39 Å². The number of aromatic nitrogens is 2. The van der Waals surface area contributed by atoms with Gasteiger partial charge >= 0.3 is 0 Å². The number of nitrogens with zero attached hydrogens (tertiary/aromatic N) is 2. The van der Waals surface area contributed by atoms with Crippen molar-refractivity contribution in [3.63, 3.8) is 0 Å². The Labute approximate surface area is 167 Å². The number of benzene rings is 1. The van der Waals surface area contributed by atoms with Crippen molar-refractivity contribution < 1.29 is 18.8 Å². The summed E-state index contributed by atoms with van der Waals surface area (Å²) in [4.78, 5) is 13.5. The zero-order valence-corrected chi connectivity index (χ0v) is 16.5. The van der Waals surface area contributed by atoms with E-state index >= 15 is 0 Å². The zero-order chi connectivity index (χ0) is 18.9. The minimum Gasteiger partial charge on any atom is -0.438 e. The van der Waals surface area contributed by atoms with Crippen LogP contribution in [-0.2, 0) is 24.1 Å². The lowest BCUT2D eigenvalue weighted by Crippen LogP contribution is -3.12. The Morgan fingerprint density at radius 3 is 2.86 bits per heavy atom. The lowest BCUT2D eigenvalue weighted by atomic mass is 9.97. The normalized spacial score (nSPS) is 17.6. The Morgan fingerprint density at radius 2 is 2.00 bits per heavy atom. The number of hydrogen-bond acceptors (Lipinski definition) is 5. The first-order valence-electron chi connectivity index (χ1n) is 9.92. The summed E-state index contributed by atoms with van der Waals surface area (Å²) in [5.41, 5.74) is 1.32. The standard InChI is InChI=1S/C21H22FN3O2S/c22-14-4-3-5-15(12-14)27-20-19-16-6-1-2-7-17(16)28-21(19)24-18(23-20)13-25-8-10-26-11-9-25/h3-5,12H,1-2,6-11,13H2/p+1. The summed E-state index contributed by atoms with van der Waals surface area (Å²) in [5, 5.41) is 1.02. The first-order chi connectivity index (χ1) is 13.8. The van der Waals surface area contributed by atoms with Gasteiger partial charge in [-0.3, -0.25) is 0 Å². The second kappa shape index (κ2) is 7.73. The molecule has 0 bridgehead atoms. The largest absolute Gasteiger partial charge is 0.438 e. The zero-order valence-electron chi connectivity index (χ0n) is 15.7. The number of fused-ring (bicyclic) bond motifs is 3. The number of quaternary nitrogens is 1. The number of morpholine rings is 1. The molecule has 0 saturated carbocycles. The highest BCUT2D eigenvalue weighted by atomic mass is 32.1. The van der Waals surface area contributed by atoms with E-state index in [1.54, 1.807) is 23.5 Å². The van der Waals surface area contributed by atoms with Crippen molar-refractivity contribution in [3.05, 3.63) is 46.3 Å². The monoisotopic (exact) mass is 400 g/mol. The molecule has 1 fully saturated rings. The lowest BCUT2D eigenvalue weighted by molar-refractivity contribution is -0.922. The Bertz CT molecular complexity index is 1000. The molecule has 1 aromatic carbocycles. The van der Waals surface area contributed by atoms with Gasteiger partial charge in [0.1, 0.15) is 36.0 Å². The van der Waals surface area contributed by atoms with Crippen LogP contribution in [0.4, 0.5) is 4.39 Å². The predicted octanol–water partition coefficient (Wildman–Crippen LogP) is 2.92. The summed E-state index contributed by atoms with van der Waals surface area (Å²) in [7, 11) is 0. The molecule has 5 rings (SSSR count). The SMILES string of the molecule is Fc1cccc(Oc2nc(C[NH+]3CCOCC3)nc3sc4c(c23)CCCC4)c1. The number of ether oxygens (including phenoxy) is 2. The van der Waals surface area contributed by atoms with Crippen LogP contribution in [0, 0.1) is 5.82 Å². The van der Waals surface area contributed by atoms with Gasteiger partial charge in [-0.25, -0.2) is 9.37 Å². The molecule has 7 heteroatoms. The second-order valence-electron chi connectivity index (χ2n) is 7.43. The third-order valence-electron chi connectivity index (χ3n) is 5.45. The smallest absolute Gasteiger partial charge is 0.231 e. The van der Waals surface area contributed by atoms with Crippen LogP contribution in [0.3, 0.4) is 0 Å². The molecule has 1 aliphatic carbocycles. The average molecular weight is 400 g/mol. The Kier molecular flexibility index (Phi) is 4.96. The van der Waals surface area contributed by atoms with Crippen LogP contribution in [0.1, 0.15) is 29.1 Å². The highest BCUT2D eigenvalue weighted by molar-refractivity contribution is 7.18. The van der Waals surface area contributed by atoms with Gasteiger partial charge in [0, 0.05) is 10.9 Å². The molecule has 0 amide bonds. The molecule has 3 heterocycles. The maximum atomic E-state index is 13.7. The summed E-state index contributed by atoms with van der Waals surface area (Å²) >= 11 is 1.76. The first-order valence-corrected chi connectivity index (χ1v) is 10.7. The maximum Gasteiger partial charge on any atom is 0.231 e. The first kappa shape index (κ1) is 18.0. The molecule has 1 saturated heterocycles. The number of rotatable bonds is 4. The highest BCUT2D eigenvalue weighted by Crippen LogP contribution is 2.40. The van der Waals surface area contributed by atoms with Crippen LogP contribution in [0.25, 0.3) is 10.2 Å². The number of halogens is 1. The van der Waals surface area contributed by atoms with Crippen LogP contribution >= 0.6 is 11.3 Å². The Hall–Kier alpha value is -2.09. The van der Waals surface area contributed by atoms with E-state index < -0.39 is 0 Å². The number of thiophene rings is 1. The molecule has 0 atom stereocenters. The van der Waals surface area contributed by atoms with Crippen molar-refractivity contribution in [2.75, 3.05) is 26.3 Å². The van der Waals surface area contributed by atoms with Crippen LogP contribution < -0.4 is 9.64 Å².